The van der Waals surface area contributed by atoms with Gasteiger partial charge in [-0.25, -0.2) is 12.7 Å². The van der Waals surface area contributed by atoms with Crippen molar-refractivity contribution < 1.29 is 22.7 Å². The van der Waals surface area contributed by atoms with Crippen LogP contribution in [-0.4, -0.2) is 55.0 Å². The molecule has 4 aromatic rings. The average Bonchev–Trinajstić information content (AvgIpc) is 3.40. The number of hydrogen-bond donors (Lipinski definition) is 3. The zero-order chi connectivity index (χ0) is 29.9. The smallest absolute Gasteiger partial charge is 0.250 e. The number of H-pyrrole nitrogens is 1. The summed E-state index contributed by atoms with van der Waals surface area (Å²) in [6.45, 7) is 4.41. The number of piperidine rings is 1. The van der Waals surface area contributed by atoms with Crippen LogP contribution in [0, 0.1) is 6.92 Å². The van der Waals surface area contributed by atoms with E-state index >= 15 is 0 Å². The number of aromatic amines is 1. The van der Waals surface area contributed by atoms with Crippen LogP contribution in [-0.2, 0) is 14.8 Å². The highest BCUT2D eigenvalue weighted by atomic mass is 32.2. The molecule has 3 aromatic carbocycles. The molecule has 5 rings (SSSR count). The van der Waals surface area contributed by atoms with E-state index in [4.69, 9.17) is 10.5 Å². The van der Waals surface area contributed by atoms with Gasteiger partial charge in [0.2, 0.25) is 15.9 Å². The Labute approximate surface area is 246 Å². The Morgan fingerprint density at radius 3 is 2.48 bits per heavy atom. The lowest BCUT2D eigenvalue weighted by Gasteiger charge is -2.31. The number of primary amides is 1. The summed E-state index contributed by atoms with van der Waals surface area (Å²) in [6, 6.07) is 19.2. The van der Waals surface area contributed by atoms with Crippen LogP contribution in [0.15, 0.2) is 66.9 Å². The van der Waals surface area contributed by atoms with Gasteiger partial charge in [-0.05, 0) is 78.6 Å². The van der Waals surface area contributed by atoms with Crippen molar-refractivity contribution in [3.05, 3.63) is 83.6 Å². The molecule has 0 aliphatic carbocycles. The number of nitrogens with one attached hydrogen (secondary N) is 2. The van der Waals surface area contributed by atoms with E-state index in [0.717, 1.165) is 27.6 Å². The highest BCUT2D eigenvalue weighted by Gasteiger charge is 2.30. The van der Waals surface area contributed by atoms with Crippen LogP contribution in [0.5, 0.6) is 5.75 Å². The molecule has 2 amide bonds. The minimum Gasteiger partial charge on any atom is -0.491 e. The summed E-state index contributed by atoms with van der Waals surface area (Å²) in [5.74, 6) is -0.0513. The van der Waals surface area contributed by atoms with E-state index in [1.165, 1.54) is 6.92 Å². The Kier molecular flexibility index (Phi) is 8.65. The third-order valence-corrected chi connectivity index (χ3v) is 9.69. The third kappa shape index (κ3) is 6.50. The van der Waals surface area contributed by atoms with E-state index in [1.807, 2.05) is 61.7 Å². The highest BCUT2D eigenvalue weighted by Crippen LogP contribution is 2.37. The fourth-order valence-electron chi connectivity index (χ4n) is 5.64. The van der Waals surface area contributed by atoms with Gasteiger partial charge in [0.15, 0.2) is 0 Å². The van der Waals surface area contributed by atoms with Gasteiger partial charge in [0.25, 0.3) is 5.91 Å². The lowest BCUT2D eigenvalue weighted by Crippen LogP contribution is -2.39. The van der Waals surface area contributed by atoms with Gasteiger partial charge in [-0.3, -0.25) is 9.59 Å². The summed E-state index contributed by atoms with van der Waals surface area (Å²) in [7, 11) is -3.45. The number of nitrogens with zero attached hydrogens (tertiary/aromatic N) is 1. The van der Waals surface area contributed by atoms with Gasteiger partial charge in [-0.1, -0.05) is 36.4 Å². The predicted octanol–water partition coefficient (Wildman–Crippen LogP) is 5.18. The maximum Gasteiger partial charge on any atom is 0.250 e. The second-order valence-corrected chi connectivity index (χ2v) is 12.9. The summed E-state index contributed by atoms with van der Waals surface area (Å²) >= 11 is 0. The highest BCUT2D eigenvalue weighted by molar-refractivity contribution is 7.89. The minimum atomic E-state index is -3.45. The number of aromatic nitrogens is 1. The number of aryl methyl sites for hydroxylation is 1. The van der Waals surface area contributed by atoms with Crippen LogP contribution < -0.4 is 15.8 Å². The van der Waals surface area contributed by atoms with Gasteiger partial charge in [-0.15, -0.1) is 0 Å². The molecule has 1 aromatic heterocycles. The number of carbonyl (C=O) groups is 2. The molecular weight excluding hydrogens is 552 g/mol. The summed E-state index contributed by atoms with van der Waals surface area (Å²) in [5, 5.41) is 3.70. The lowest BCUT2D eigenvalue weighted by atomic mass is 9.88. The molecule has 4 N–H and O–H groups in total. The van der Waals surface area contributed by atoms with Gasteiger partial charge < -0.3 is 20.8 Å². The number of rotatable bonds is 10. The van der Waals surface area contributed by atoms with Crippen molar-refractivity contribution in [3.63, 3.8) is 0 Å². The first kappa shape index (κ1) is 29.3. The number of sulfonamides is 1. The van der Waals surface area contributed by atoms with Gasteiger partial charge >= 0.3 is 0 Å². The van der Waals surface area contributed by atoms with Crippen molar-refractivity contribution in [1.29, 1.82) is 0 Å². The topological polar surface area (TPSA) is 135 Å². The van der Waals surface area contributed by atoms with Crippen LogP contribution in [0.4, 0.5) is 5.69 Å². The van der Waals surface area contributed by atoms with Gasteiger partial charge in [-0.2, -0.15) is 0 Å². The molecule has 10 heteroatoms. The quantitative estimate of drug-likeness (QED) is 0.220. The molecule has 220 valence electrons. The third-order valence-electron chi connectivity index (χ3n) is 7.73. The summed E-state index contributed by atoms with van der Waals surface area (Å²) in [4.78, 5) is 27.1. The first-order chi connectivity index (χ1) is 20.1. The lowest BCUT2D eigenvalue weighted by molar-refractivity contribution is -0.114. The van der Waals surface area contributed by atoms with E-state index < -0.39 is 15.9 Å². The number of benzene rings is 3. The molecule has 2 heterocycles. The molecule has 0 radical (unpaired) electrons. The molecular formula is C32H36N4O5S. The van der Waals surface area contributed by atoms with Gasteiger partial charge in [0.1, 0.15) is 5.75 Å². The molecule has 9 nitrogen and oxygen atoms in total. The average molecular weight is 589 g/mol. The number of hydrogen-bond acceptors (Lipinski definition) is 5. The van der Waals surface area contributed by atoms with Gasteiger partial charge in [0.05, 0.1) is 29.1 Å². The summed E-state index contributed by atoms with van der Waals surface area (Å²) in [6.07, 6.45) is 3.61. The number of fused-ring (bicyclic) bond motifs is 1. The Balaban J connectivity index is 1.23. The standard InChI is InChI=1S/C32H36N4O5S/c1-21-9-10-30(29(17-21)35-22(2)37)41-15-6-16-42(39,40)36-13-11-24(12-14-36)28-20-34-31-26(28)18-25(19-27(31)32(33)38)23-7-4-3-5-8-23/h3-5,7-10,17-20,24,34H,6,11-16H2,1-2H3,(H2,33,38)(H,35,37). The van der Waals surface area contributed by atoms with Crippen LogP contribution in [0.3, 0.4) is 0 Å². The van der Waals surface area contributed by atoms with Crippen LogP contribution in [0.25, 0.3) is 22.0 Å². The maximum atomic E-state index is 13.1. The Morgan fingerprint density at radius 1 is 1.05 bits per heavy atom. The molecule has 1 aliphatic heterocycles. The normalized spacial score (nSPS) is 14.6. The van der Waals surface area contributed by atoms with Crippen molar-refractivity contribution in [2.24, 2.45) is 5.73 Å². The monoisotopic (exact) mass is 588 g/mol. The molecule has 42 heavy (non-hydrogen) atoms. The Hall–Kier alpha value is -4.15. The number of amides is 2. The fraction of sp³-hybridized carbons (Fsp3) is 0.312. The van der Waals surface area contributed by atoms with E-state index in [2.05, 4.69) is 16.4 Å². The molecule has 1 fully saturated rings. The van der Waals surface area contributed by atoms with E-state index in [9.17, 15) is 18.0 Å². The number of nitrogens with two attached hydrogens (primary N) is 1. The first-order valence-corrected chi connectivity index (χ1v) is 15.7. The van der Waals surface area contributed by atoms with Crippen molar-refractivity contribution >= 4 is 38.4 Å². The first-order valence-electron chi connectivity index (χ1n) is 14.1. The molecule has 0 unspecified atom stereocenters. The molecule has 0 saturated carbocycles. The largest absolute Gasteiger partial charge is 0.491 e. The van der Waals surface area contributed by atoms with Crippen LogP contribution in [0.2, 0.25) is 0 Å². The zero-order valence-corrected chi connectivity index (χ0v) is 24.7. The Bertz CT molecular complexity index is 1710. The molecule has 0 spiro atoms. The SMILES string of the molecule is CC(=O)Nc1cc(C)ccc1OCCCS(=O)(=O)N1CCC(c2c[nH]c3c(C(N)=O)cc(-c4ccccc4)cc23)CC1. The summed E-state index contributed by atoms with van der Waals surface area (Å²) < 4.78 is 33.7. The molecule has 1 aliphatic rings. The van der Waals surface area contributed by atoms with E-state index in [-0.39, 0.29) is 24.2 Å². The zero-order valence-electron chi connectivity index (χ0n) is 23.9. The van der Waals surface area contributed by atoms with Crippen LogP contribution in [0.1, 0.15) is 53.6 Å². The molecule has 1 saturated heterocycles. The molecule has 0 bridgehead atoms. The van der Waals surface area contributed by atoms with E-state index in [0.29, 0.717) is 54.9 Å². The number of carbonyl (C=O) groups excluding carboxylic acids is 2. The van der Waals surface area contributed by atoms with Gasteiger partial charge in [0, 0.05) is 31.6 Å². The summed E-state index contributed by atoms with van der Waals surface area (Å²) in [5.41, 5.74) is 11.4. The predicted molar refractivity (Wildman–Crippen MR) is 165 cm³/mol. The van der Waals surface area contributed by atoms with Crippen molar-refractivity contribution in [2.75, 3.05) is 30.8 Å². The van der Waals surface area contributed by atoms with Crippen molar-refractivity contribution in [1.82, 2.24) is 9.29 Å². The van der Waals surface area contributed by atoms with Crippen molar-refractivity contribution in [3.8, 4) is 16.9 Å². The molecule has 0 atom stereocenters. The Morgan fingerprint density at radius 2 is 1.79 bits per heavy atom. The van der Waals surface area contributed by atoms with Crippen molar-refractivity contribution in [2.45, 2.75) is 39.0 Å². The number of ether oxygens (including phenoxy) is 1. The minimum absolute atomic E-state index is 0.0194. The van der Waals surface area contributed by atoms with Crippen LogP contribution >= 0.6 is 0 Å². The maximum absolute atomic E-state index is 13.1. The second kappa shape index (κ2) is 12.4. The fourth-order valence-corrected chi connectivity index (χ4v) is 7.14. The number of anilines is 1. The van der Waals surface area contributed by atoms with E-state index in [1.54, 1.807) is 10.4 Å². The second-order valence-electron chi connectivity index (χ2n) is 10.8.